The zero-order chi connectivity index (χ0) is 41.9. The lowest BCUT2D eigenvalue weighted by molar-refractivity contribution is -0.145. The second kappa shape index (κ2) is 19.8. The van der Waals surface area contributed by atoms with Crippen LogP contribution in [0.2, 0.25) is 0 Å². The van der Waals surface area contributed by atoms with Gasteiger partial charge in [0.05, 0.1) is 12.0 Å². The molecule has 7 rings (SSSR count). The van der Waals surface area contributed by atoms with Crippen LogP contribution in [-0.4, -0.2) is 81.0 Å². The molecule has 2 aliphatic heterocycles. The Bertz CT molecular complexity index is 2230. The molecule has 304 valence electrons. The molecule has 0 unspecified atom stereocenters. The van der Waals surface area contributed by atoms with Gasteiger partial charge in [0, 0.05) is 29.8 Å². The molecular formula is C45H44N4O9S. The smallest absolute Gasteiger partial charge is 0.307 e. The van der Waals surface area contributed by atoms with Gasteiger partial charge in [0.15, 0.2) is 18.0 Å². The lowest BCUT2D eigenvalue weighted by atomic mass is 9.90. The molecule has 0 saturated carbocycles. The summed E-state index contributed by atoms with van der Waals surface area (Å²) in [5.41, 5.74) is 3.95. The van der Waals surface area contributed by atoms with Gasteiger partial charge >= 0.3 is 5.97 Å². The third kappa shape index (κ3) is 11.6. The lowest BCUT2D eigenvalue weighted by Crippen LogP contribution is -2.58. The Morgan fingerprint density at radius 2 is 1.10 bits per heavy atom. The summed E-state index contributed by atoms with van der Waals surface area (Å²) in [6.45, 7) is 0. The monoisotopic (exact) mass is 816 g/mol. The van der Waals surface area contributed by atoms with E-state index in [-0.39, 0.29) is 31.4 Å². The first-order valence-electron chi connectivity index (χ1n) is 19.1. The molecule has 5 aromatic rings. The Morgan fingerprint density at radius 3 is 1.73 bits per heavy atom. The second-order valence-corrected chi connectivity index (χ2v) is 15.4. The molecule has 7 N–H and O–H groups in total. The molecule has 2 bridgehead atoms. The molecule has 14 heteroatoms. The summed E-state index contributed by atoms with van der Waals surface area (Å²) in [6.07, 6.45) is -5.10. The second-order valence-electron chi connectivity index (χ2n) is 14.4. The highest BCUT2D eigenvalue weighted by Gasteiger charge is 2.36. The number of hydrogen-bond acceptors (Lipinski definition) is 9. The van der Waals surface area contributed by atoms with Crippen molar-refractivity contribution in [2.24, 2.45) is 5.92 Å². The van der Waals surface area contributed by atoms with Crippen molar-refractivity contribution >= 4 is 52.4 Å². The number of anilines is 1. The molecule has 2 aliphatic rings. The predicted molar refractivity (Wildman–Crippen MR) is 221 cm³/mol. The molecule has 6 atom stereocenters. The number of fused-ring (bicyclic) bond motifs is 18. The minimum Gasteiger partial charge on any atom is -0.481 e. The normalized spacial score (nSPS) is 22.3. The molecule has 0 radical (unpaired) electrons. The molecular weight excluding hydrogens is 773 g/mol. The number of carbonyl (C=O) groups excluding carboxylic acids is 5. The zero-order valence-corrected chi connectivity index (χ0v) is 32.6. The minimum atomic E-state index is -2.29. The number of carboxylic acids is 1. The standard InChI is InChI=1S/C45H44N4O9S/c50-38-25-32(45(57)58)22-28-15-19-33(20-16-28)46-43(55)39(51)40(52)44(56)49-37(26-34-12-7-21-59-34)42(54)48-36(41(53)47-35(38)23-27-8-3-1-4-9-27)24-29-13-17-31(18-14-29)30-10-5-2-6-11-30/h1-21,32,35-37,39-40,51-52H,22-26H2,(H,46,55)(H,47,53)(H,48,54)(H,49,56)(H,57,58)/t32-,35+,36+,37-,39-,40-/m1/s1. The fraction of sp³-hybridized carbons (Fsp3) is 0.244. The average molecular weight is 817 g/mol. The SMILES string of the molecule is O=C(O)[C@H]1CC(=O)[C@H](Cc2ccccc2)NC(=O)[C@H](Cc2ccc(-c3ccccc3)cc2)NC(=O)[C@@H](Cc2cccs2)NC(=O)[C@H](O)[C@@H](O)C(=O)Nc2ccc(cc2)C1. The largest absolute Gasteiger partial charge is 0.481 e. The number of benzene rings is 4. The van der Waals surface area contributed by atoms with Crippen molar-refractivity contribution in [2.45, 2.75) is 62.4 Å². The van der Waals surface area contributed by atoms with Gasteiger partial charge in [0.1, 0.15) is 12.1 Å². The van der Waals surface area contributed by atoms with Crippen LogP contribution in [0.3, 0.4) is 0 Å². The predicted octanol–water partition coefficient (Wildman–Crippen LogP) is 3.47. The number of carboxylic acid groups (broad SMARTS) is 1. The van der Waals surface area contributed by atoms with E-state index in [0.717, 1.165) is 11.1 Å². The van der Waals surface area contributed by atoms with Crippen LogP contribution in [0, 0.1) is 5.92 Å². The first-order chi connectivity index (χ1) is 28.4. The van der Waals surface area contributed by atoms with Gasteiger partial charge in [-0.1, -0.05) is 103 Å². The number of aliphatic hydroxyl groups excluding tert-OH is 2. The van der Waals surface area contributed by atoms with Gasteiger partial charge in [-0.25, -0.2) is 0 Å². The van der Waals surface area contributed by atoms with Crippen molar-refractivity contribution < 1.29 is 44.1 Å². The van der Waals surface area contributed by atoms with Gasteiger partial charge < -0.3 is 36.6 Å². The highest BCUT2D eigenvalue weighted by Crippen LogP contribution is 2.22. The highest BCUT2D eigenvalue weighted by molar-refractivity contribution is 7.09. The fourth-order valence-corrected chi connectivity index (χ4v) is 7.54. The maximum atomic E-state index is 14.4. The van der Waals surface area contributed by atoms with Gasteiger partial charge in [-0.3, -0.25) is 28.8 Å². The van der Waals surface area contributed by atoms with Crippen molar-refractivity contribution in [3.8, 4) is 11.1 Å². The van der Waals surface area contributed by atoms with Crippen LogP contribution in [-0.2, 0) is 54.5 Å². The van der Waals surface area contributed by atoms with Crippen molar-refractivity contribution in [1.29, 1.82) is 0 Å². The number of ketones is 1. The summed E-state index contributed by atoms with van der Waals surface area (Å²) >= 11 is 1.30. The van der Waals surface area contributed by atoms with E-state index in [0.29, 0.717) is 21.6 Å². The van der Waals surface area contributed by atoms with Crippen LogP contribution in [0.15, 0.2) is 127 Å². The van der Waals surface area contributed by atoms with Crippen LogP contribution < -0.4 is 21.3 Å². The number of aliphatic hydroxyl groups is 2. The average Bonchev–Trinajstić information content (AvgIpc) is 3.76. The molecule has 1 aromatic heterocycles. The van der Waals surface area contributed by atoms with E-state index >= 15 is 0 Å². The maximum Gasteiger partial charge on any atom is 0.307 e. The van der Waals surface area contributed by atoms with E-state index in [4.69, 9.17) is 0 Å². The summed E-state index contributed by atoms with van der Waals surface area (Å²) in [5, 5.41) is 43.9. The molecule has 59 heavy (non-hydrogen) atoms. The summed E-state index contributed by atoms with van der Waals surface area (Å²) < 4.78 is 0. The molecule has 3 heterocycles. The van der Waals surface area contributed by atoms with Crippen LogP contribution in [0.4, 0.5) is 5.69 Å². The van der Waals surface area contributed by atoms with Crippen LogP contribution in [0.25, 0.3) is 11.1 Å². The number of hydrogen-bond donors (Lipinski definition) is 7. The molecule has 4 aromatic carbocycles. The molecule has 0 saturated heterocycles. The first-order valence-corrected chi connectivity index (χ1v) is 19.9. The minimum absolute atomic E-state index is 0.0376. The topological polar surface area (TPSA) is 211 Å². The van der Waals surface area contributed by atoms with Crippen LogP contribution in [0.1, 0.15) is 28.0 Å². The Hall–Kier alpha value is -6.48. The van der Waals surface area contributed by atoms with Crippen molar-refractivity contribution in [3.05, 3.63) is 148 Å². The third-order valence-electron chi connectivity index (χ3n) is 10.1. The van der Waals surface area contributed by atoms with Gasteiger partial charge in [0.25, 0.3) is 11.8 Å². The maximum absolute atomic E-state index is 14.4. The number of thiophene rings is 1. The Morgan fingerprint density at radius 1 is 0.559 bits per heavy atom. The molecule has 0 aliphatic carbocycles. The number of aliphatic carboxylic acids is 1. The van der Waals surface area contributed by atoms with Crippen molar-refractivity contribution in [2.75, 3.05) is 5.32 Å². The lowest BCUT2D eigenvalue weighted by Gasteiger charge is -2.26. The van der Waals surface area contributed by atoms with E-state index in [9.17, 15) is 44.1 Å². The first kappa shape index (κ1) is 42.1. The fourth-order valence-electron chi connectivity index (χ4n) is 6.79. The van der Waals surface area contributed by atoms with Gasteiger partial charge in [-0.05, 0) is 64.2 Å². The van der Waals surface area contributed by atoms with Gasteiger partial charge in [0.2, 0.25) is 11.8 Å². The number of Topliss-reactive ketones (excluding diaryl/α,β-unsaturated/α-hetero) is 1. The number of amides is 4. The van der Waals surface area contributed by atoms with E-state index < -0.39 is 78.1 Å². The summed E-state index contributed by atoms with van der Waals surface area (Å²) in [5.74, 6) is -6.82. The number of nitrogens with one attached hydrogen (secondary N) is 4. The molecule has 13 nitrogen and oxygen atoms in total. The van der Waals surface area contributed by atoms with E-state index in [1.54, 1.807) is 60.0 Å². The molecule has 0 fully saturated rings. The van der Waals surface area contributed by atoms with E-state index in [1.165, 1.54) is 23.5 Å². The summed E-state index contributed by atoms with van der Waals surface area (Å²) in [4.78, 5) is 82.2. The summed E-state index contributed by atoms with van der Waals surface area (Å²) in [6, 6.07) is 31.5. The van der Waals surface area contributed by atoms with Crippen molar-refractivity contribution in [1.82, 2.24) is 16.0 Å². The van der Waals surface area contributed by atoms with E-state index in [1.807, 2.05) is 54.6 Å². The Kier molecular flexibility index (Phi) is 14.1. The number of carbonyl (C=O) groups is 6. The van der Waals surface area contributed by atoms with Gasteiger partial charge in [-0.2, -0.15) is 0 Å². The summed E-state index contributed by atoms with van der Waals surface area (Å²) in [7, 11) is 0. The molecule has 4 amide bonds. The van der Waals surface area contributed by atoms with Crippen LogP contribution >= 0.6 is 11.3 Å². The van der Waals surface area contributed by atoms with E-state index in [2.05, 4.69) is 21.3 Å². The van der Waals surface area contributed by atoms with Crippen LogP contribution in [0.5, 0.6) is 0 Å². The molecule has 0 spiro atoms. The van der Waals surface area contributed by atoms with Gasteiger partial charge in [-0.15, -0.1) is 11.3 Å². The third-order valence-corrected chi connectivity index (χ3v) is 11.0. The highest BCUT2D eigenvalue weighted by atomic mass is 32.1. The Balaban J connectivity index is 1.37. The van der Waals surface area contributed by atoms with Crippen molar-refractivity contribution in [3.63, 3.8) is 0 Å². The zero-order valence-electron chi connectivity index (χ0n) is 31.8. The number of rotatable bonds is 8. The Labute approximate surface area is 344 Å². The quantitative estimate of drug-likeness (QED) is 0.114.